The molecule has 0 N–H and O–H groups in total. The highest BCUT2D eigenvalue weighted by Crippen LogP contribution is 2.28. The summed E-state index contributed by atoms with van der Waals surface area (Å²) >= 11 is 0. The first-order chi connectivity index (χ1) is 12.2. The SMILES string of the molecule is COc1cc(C=NN2CCCCC2)ccc1OCc1ccc(F)cc1. The van der Waals surface area contributed by atoms with Crippen LogP contribution in [0.3, 0.4) is 0 Å². The fourth-order valence-corrected chi connectivity index (χ4v) is 2.77. The number of ether oxygens (including phenoxy) is 2. The van der Waals surface area contributed by atoms with Crippen LogP contribution in [0.25, 0.3) is 0 Å². The molecule has 0 bridgehead atoms. The Labute approximate surface area is 147 Å². The average Bonchev–Trinajstić information content (AvgIpc) is 2.67. The Morgan fingerprint density at radius 3 is 2.52 bits per heavy atom. The zero-order valence-electron chi connectivity index (χ0n) is 14.5. The van der Waals surface area contributed by atoms with Crippen LogP contribution in [0.2, 0.25) is 0 Å². The summed E-state index contributed by atoms with van der Waals surface area (Å²) in [5.41, 5.74) is 1.87. The smallest absolute Gasteiger partial charge is 0.161 e. The quantitative estimate of drug-likeness (QED) is 0.737. The van der Waals surface area contributed by atoms with Gasteiger partial charge in [-0.3, -0.25) is 5.01 Å². The summed E-state index contributed by atoms with van der Waals surface area (Å²) in [4.78, 5) is 0. The van der Waals surface area contributed by atoms with Gasteiger partial charge in [0, 0.05) is 13.1 Å². The molecular formula is C20H23FN2O2. The van der Waals surface area contributed by atoms with Gasteiger partial charge in [0.05, 0.1) is 13.3 Å². The van der Waals surface area contributed by atoms with Crippen LogP contribution in [0.4, 0.5) is 4.39 Å². The van der Waals surface area contributed by atoms with Crippen molar-refractivity contribution in [3.05, 3.63) is 59.4 Å². The molecule has 1 fully saturated rings. The number of hydrazone groups is 1. The first-order valence-corrected chi connectivity index (χ1v) is 8.59. The Balaban J connectivity index is 1.64. The molecule has 0 atom stereocenters. The van der Waals surface area contributed by atoms with Gasteiger partial charge in [0.15, 0.2) is 11.5 Å². The minimum atomic E-state index is -0.251. The molecule has 1 aliphatic heterocycles. The summed E-state index contributed by atoms with van der Waals surface area (Å²) in [6.45, 7) is 2.40. The second-order valence-corrected chi connectivity index (χ2v) is 6.08. The van der Waals surface area contributed by atoms with Crippen molar-refractivity contribution in [2.45, 2.75) is 25.9 Å². The zero-order chi connectivity index (χ0) is 17.5. The molecule has 132 valence electrons. The van der Waals surface area contributed by atoms with Gasteiger partial charge in [-0.2, -0.15) is 5.10 Å². The van der Waals surface area contributed by atoms with E-state index in [9.17, 15) is 4.39 Å². The Morgan fingerprint density at radius 1 is 1.04 bits per heavy atom. The molecule has 2 aromatic carbocycles. The summed E-state index contributed by atoms with van der Waals surface area (Å²) < 4.78 is 24.2. The van der Waals surface area contributed by atoms with Gasteiger partial charge in [0.25, 0.3) is 0 Å². The van der Waals surface area contributed by atoms with Gasteiger partial charge in [-0.15, -0.1) is 0 Å². The van der Waals surface area contributed by atoms with Gasteiger partial charge in [0.2, 0.25) is 0 Å². The first-order valence-electron chi connectivity index (χ1n) is 8.59. The Hall–Kier alpha value is -2.56. The van der Waals surface area contributed by atoms with Gasteiger partial charge in [0.1, 0.15) is 12.4 Å². The highest BCUT2D eigenvalue weighted by molar-refractivity contribution is 5.80. The van der Waals surface area contributed by atoms with Crippen molar-refractivity contribution >= 4 is 6.21 Å². The van der Waals surface area contributed by atoms with E-state index in [1.54, 1.807) is 19.2 Å². The van der Waals surface area contributed by atoms with Crippen LogP contribution in [0.5, 0.6) is 11.5 Å². The molecule has 0 aliphatic carbocycles. The van der Waals surface area contributed by atoms with Crippen LogP contribution in [-0.4, -0.2) is 31.4 Å². The third-order valence-corrected chi connectivity index (χ3v) is 4.20. The lowest BCUT2D eigenvalue weighted by Crippen LogP contribution is -2.24. The Bertz CT molecular complexity index is 710. The van der Waals surface area contributed by atoms with Gasteiger partial charge in [-0.1, -0.05) is 12.1 Å². The van der Waals surface area contributed by atoms with E-state index < -0.39 is 0 Å². The maximum absolute atomic E-state index is 12.9. The summed E-state index contributed by atoms with van der Waals surface area (Å²) in [5, 5.41) is 6.64. The van der Waals surface area contributed by atoms with E-state index in [0.717, 1.165) is 24.2 Å². The number of rotatable bonds is 6. The molecular weight excluding hydrogens is 319 g/mol. The van der Waals surface area contributed by atoms with Crippen LogP contribution >= 0.6 is 0 Å². The Kier molecular flexibility index (Phi) is 5.88. The molecule has 2 aromatic rings. The van der Waals surface area contributed by atoms with Crippen LogP contribution in [-0.2, 0) is 6.61 Å². The minimum Gasteiger partial charge on any atom is -0.493 e. The highest BCUT2D eigenvalue weighted by Gasteiger charge is 2.08. The van der Waals surface area contributed by atoms with E-state index in [1.807, 2.05) is 24.4 Å². The molecule has 0 radical (unpaired) electrons. The largest absolute Gasteiger partial charge is 0.493 e. The molecule has 5 heteroatoms. The van der Waals surface area contributed by atoms with E-state index in [4.69, 9.17) is 9.47 Å². The lowest BCUT2D eigenvalue weighted by atomic mass is 10.2. The molecule has 1 heterocycles. The van der Waals surface area contributed by atoms with Crippen molar-refractivity contribution in [3.63, 3.8) is 0 Å². The molecule has 0 unspecified atom stereocenters. The number of halogens is 1. The van der Waals surface area contributed by atoms with Gasteiger partial charge in [-0.25, -0.2) is 4.39 Å². The number of hydrogen-bond donors (Lipinski definition) is 0. The molecule has 0 spiro atoms. The third kappa shape index (κ3) is 4.95. The van der Waals surface area contributed by atoms with Crippen molar-refractivity contribution in [2.24, 2.45) is 5.10 Å². The number of hydrogen-bond acceptors (Lipinski definition) is 4. The molecule has 1 saturated heterocycles. The summed E-state index contributed by atoms with van der Waals surface area (Å²) in [7, 11) is 1.62. The van der Waals surface area contributed by atoms with E-state index in [-0.39, 0.29) is 5.82 Å². The number of nitrogens with zero attached hydrogens (tertiary/aromatic N) is 2. The van der Waals surface area contributed by atoms with Crippen molar-refractivity contribution in [1.82, 2.24) is 5.01 Å². The predicted molar refractivity (Wildman–Crippen MR) is 96.7 cm³/mol. The third-order valence-electron chi connectivity index (χ3n) is 4.20. The van der Waals surface area contributed by atoms with Gasteiger partial charge in [-0.05, 0) is 60.7 Å². The standard InChI is InChI=1S/C20H23FN2O2/c1-24-20-13-17(14-22-23-11-3-2-4-12-23)7-10-19(20)25-15-16-5-8-18(21)9-6-16/h5-10,13-14H,2-4,11-12,15H2,1H3. The molecule has 25 heavy (non-hydrogen) atoms. The van der Waals surface area contributed by atoms with Gasteiger partial charge < -0.3 is 9.47 Å². The van der Waals surface area contributed by atoms with Crippen LogP contribution in [0, 0.1) is 5.82 Å². The van der Waals surface area contributed by atoms with Gasteiger partial charge >= 0.3 is 0 Å². The second kappa shape index (κ2) is 8.51. The van der Waals surface area contributed by atoms with Crippen LogP contribution in [0.1, 0.15) is 30.4 Å². The highest BCUT2D eigenvalue weighted by atomic mass is 19.1. The van der Waals surface area contributed by atoms with E-state index >= 15 is 0 Å². The lowest BCUT2D eigenvalue weighted by Gasteiger charge is -2.23. The number of benzene rings is 2. The maximum atomic E-state index is 12.9. The van der Waals surface area contributed by atoms with Crippen molar-refractivity contribution in [1.29, 1.82) is 0 Å². The fraction of sp³-hybridized carbons (Fsp3) is 0.350. The molecule has 0 amide bonds. The molecule has 0 saturated carbocycles. The Morgan fingerprint density at radius 2 is 1.80 bits per heavy atom. The van der Waals surface area contributed by atoms with E-state index in [0.29, 0.717) is 18.1 Å². The molecule has 0 aromatic heterocycles. The average molecular weight is 342 g/mol. The fourth-order valence-electron chi connectivity index (χ4n) is 2.77. The maximum Gasteiger partial charge on any atom is 0.161 e. The normalized spacial score (nSPS) is 14.7. The van der Waals surface area contributed by atoms with Crippen molar-refractivity contribution in [3.8, 4) is 11.5 Å². The minimum absolute atomic E-state index is 0.251. The lowest BCUT2D eigenvalue weighted by molar-refractivity contribution is 0.240. The number of piperidine rings is 1. The molecule has 1 aliphatic rings. The summed E-state index contributed by atoms with van der Waals surface area (Å²) in [5.74, 6) is 1.06. The molecule has 4 nitrogen and oxygen atoms in total. The predicted octanol–water partition coefficient (Wildman–Crippen LogP) is 4.23. The second-order valence-electron chi connectivity index (χ2n) is 6.08. The zero-order valence-corrected chi connectivity index (χ0v) is 14.5. The number of methoxy groups -OCH3 is 1. The first kappa shape index (κ1) is 17.3. The van der Waals surface area contributed by atoms with Crippen molar-refractivity contribution in [2.75, 3.05) is 20.2 Å². The van der Waals surface area contributed by atoms with Crippen LogP contribution < -0.4 is 9.47 Å². The molecule has 3 rings (SSSR count). The van der Waals surface area contributed by atoms with Crippen LogP contribution in [0.15, 0.2) is 47.6 Å². The van der Waals surface area contributed by atoms with Crippen molar-refractivity contribution < 1.29 is 13.9 Å². The monoisotopic (exact) mass is 342 g/mol. The summed E-state index contributed by atoms with van der Waals surface area (Å²) in [6.07, 6.45) is 5.56. The van der Waals surface area contributed by atoms with E-state index in [1.165, 1.54) is 31.4 Å². The topological polar surface area (TPSA) is 34.1 Å². The van der Waals surface area contributed by atoms with E-state index in [2.05, 4.69) is 10.1 Å². The summed E-state index contributed by atoms with van der Waals surface area (Å²) in [6, 6.07) is 12.0.